The zero-order valence-electron chi connectivity index (χ0n) is 15.2. The maximum atomic E-state index is 13.1. The van der Waals surface area contributed by atoms with Crippen LogP contribution in [0.4, 0.5) is 5.69 Å². The largest absolute Gasteiger partial charge is 0.324 e. The number of halogens is 1. The number of aryl methyl sites for hydroxylation is 1. The van der Waals surface area contributed by atoms with Crippen LogP contribution >= 0.6 is 15.9 Å². The van der Waals surface area contributed by atoms with Gasteiger partial charge in [0, 0.05) is 10.2 Å². The number of imide groups is 1. The van der Waals surface area contributed by atoms with Crippen LogP contribution < -0.4 is 5.32 Å². The Morgan fingerprint density at radius 2 is 1.74 bits per heavy atom. The second-order valence-electron chi connectivity index (χ2n) is 8.33. The van der Waals surface area contributed by atoms with Crippen molar-refractivity contribution in [2.75, 3.05) is 5.32 Å². The van der Waals surface area contributed by atoms with Gasteiger partial charge in [0.15, 0.2) is 0 Å². The molecule has 4 aliphatic carbocycles. The molecule has 0 radical (unpaired) electrons. The molecular weight excluding hydrogens is 408 g/mol. The van der Waals surface area contributed by atoms with Gasteiger partial charge in [-0.1, -0.05) is 28.1 Å². The Morgan fingerprint density at radius 3 is 2.30 bits per heavy atom. The number of nitrogens with one attached hydrogen (secondary N) is 1. The third kappa shape index (κ3) is 2.38. The third-order valence-electron chi connectivity index (χ3n) is 6.91. The number of anilines is 1. The average molecular weight is 429 g/mol. The number of benzene rings is 1. The minimum Gasteiger partial charge on any atom is -0.324 e. The van der Waals surface area contributed by atoms with Crippen LogP contribution in [0, 0.1) is 42.4 Å². The van der Waals surface area contributed by atoms with Crippen LogP contribution in [0.15, 0.2) is 34.8 Å². The van der Waals surface area contributed by atoms with Crippen molar-refractivity contribution < 1.29 is 14.4 Å². The molecule has 1 saturated heterocycles. The molecule has 2 saturated carbocycles. The molecule has 5 nitrogen and oxygen atoms in total. The lowest BCUT2D eigenvalue weighted by molar-refractivity contribution is -0.146. The van der Waals surface area contributed by atoms with Gasteiger partial charge >= 0.3 is 0 Å². The monoisotopic (exact) mass is 428 g/mol. The molecule has 5 aliphatic rings. The first-order valence-corrected chi connectivity index (χ1v) is 10.3. The van der Waals surface area contributed by atoms with Crippen LogP contribution in [0.5, 0.6) is 0 Å². The molecule has 0 unspecified atom stereocenters. The van der Waals surface area contributed by atoms with E-state index < -0.39 is 6.04 Å². The summed E-state index contributed by atoms with van der Waals surface area (Å²) in [6.45, 7) is 3.55. The fraction of sp³-hybridized carbons (Fsp3) is 0.476. The topological polar surface area (TPSA) is 66.5 Å². The van der Waals surface area contributed by atoms with E-state index in [1.54, 1.807) is 6.92 Å². The van der Waals surface area contributed by atoms with Gasteiger partial charge in [-0.15, -0.1) is 0 Å². The van der Waals surface area contributed by atoms with Crippen molar-refractivity contribution in [2.24, 2.45) is 35.5 Å². The van der Waals surface area contributed by atoms with Gasteiger partial charge in [0.25, 0.3) is 0 Å². The number of likely N-dealkylation sites (tertiary alicyclic amines) is 1. The van der Waals surface area contributed by atoms with E-state index in [4.69, 9.17) is 0 Å². The molecule has 3 amide bonds. The summed E-state index contributed by atoms with van der Waals surface area (Å²) < 4.78 is 0.932. The molecule has 1 aromatic rings. The van der Waals surface area contributed by atoms with Gasteiger partial charge in [0.2, 0.25) is 17.7 Å². The quantitative estimate of drug-likeness (QED) is 0.593. The van der Waals surface area contributed by atoms with Gasteiger partial charge in [-0.2, -0.15) is 0 Å². The number of hydrogen-bond donors (Lipinski definition) is 1. The third-order valence-corrected chi connectivity index (χ3v) is 7.40. The summed E-state index contributed by atoms with van der Waals surface area (Å²) in [5.41, 5.74) is 1.61. The van der Waals surface area contributed by atoms with Crippen molar-refractivity contribution in [3.05, 3.63) is 40.4 Å². The van der Waals surface area contributed by atoms with Crippen molar-refractivity contribution >= 4 is 39.3 Å². The molecule has 1 aliphatic heterocycles. The van der Waals surface area contributed by atoms with Crippen molar-refractivity contribution in [2.45, 2.75) is 26.3 Å². The van der Waals surface area contributed by atoms with Gasteiger partial charge in [0.05, 0.1) is 11.8 Å². The van der Waals surface area contributed by atoms with Crippen LogP contribution in [0.3, 0.4) is 0 Å². The predicted octanol–water partition coefficient (Wildman–Crippen LogP) is 3.14. The van der Waals surface area contributed by atoms with E-state index in [1.165, 1.54) is 4.90 Å². The average Bonchev–Trinajstić information content (AvgIpc) is 3.41. The fourth-order valence-electron chi connectivity index (χ4n) is 5.48. The smallest absolute Gasteiger partial charge is 0.247 e. The molecule has 6 heteroatoms. The number of carbonyl (C=O) groups excluding carboxylic acids is 3. The van der Waals surface area contributed by atoms with Gasteiger partial charge < -0.3 is 5.32 Å². The molecular formula is C21H21BrN2O3. The normalized spacial score (nSPS) is 36.5. The summed E-state index contributed by atoms with van der Waals surface area (Å²) in [5.74, 6) is 0.300. The van der Waals surface area contributed by atoms with Gasteiger partial charge in [-0.25, -0.2) is 0 Å². The zero-order valence-corrected chi connectivity index (χ0v) is 16.8. The summed E-state index contributed by atoms with van der Waals surface area (Å²) >= 11 is 3.41. The maximum absolute atomic E-state index is 13.1. The van der Waals surface area contributed by atoms with Gasteiger partial charge in [0.1, 0.15) is 6.04 Å². The zero-order chi connectivity index (χ0) is 19.0. The fourth-order valence-corrected chi connectivity index (χ4v) is 5.96. The van der Waals surface area contributed by atoms with Crippen LogP contribution in [0.25, 0.3) is 0 Å². The van der Waals surface area contributed by atoms with E-state index in [0.29, 0.717) is 17.5 Å². The van der Waals surface area contributed by atoms with E-state index in [0.717, 1.165) is 16.5 Å². The van der Waals surface area contributed by atoms with E-state index >= 15 is 0 Å². The molecule has 0 spiro atoms. The molecule has 0 aromatic heterocycles. The lowest BCUT2D eigenvalue weighted by Gasteiger charge is -2.37. The SMILES string of the molecule is Cc1cc(Br)ccc1NC(=O)[C@@H](C)N1C(=O)[C@H]2[C@@H]3C=C[C@H]([C@H]4C[C@H]34)[C@@H]2C1=O. The first-order valence-electron chi connectivity index (χ1n) is 9.50. The highest BCUT2D eigenvalue weighted by molar-refractivity contribution is 9.10. The number of nitrogens with zero attached hydrogens (tertiary/aromatic N) is 1. The van der Waals surface area contributed by atoms with Crippen molar-refractivity contribution in [3.63, 3.8) is 0 Å². The Labute approximate surface area is 166 Å². The number of rotatable bonds is 3. The maximum Gasteiger partial charge on any atom is 0.247 e. The van der Waals surface area contributed by atoms with Crippen molar-refractivity contribution in [1.82, 2.24) is 4.90 Å². The first-order chi connectivity index (χ1) is 12.9. The highest BCUT2D eigenvalue weighted by atomic mass is 79.9. The lowest BCUT2D eigenvalue weighted by Crippen LogP contribution is -2.46. The van der Waals surface area contributed by atoms with E-state index in [9.17, 15) is 14.4 Å². The summed E-state index contributed by atoms with van der Waals surface area (Å²) in [5, 5.41) is 2.87. The molecule has 27 heavy (non-hydrogen) atoms. The minimum atomic E-state index is -0.811. The number of carbonyl (C=O) groups is 3. The lowest BCUT2D eigenvalue weighted by atomic mass is 9.63. The second kappa shape index (κ2) is 5.77. The van der Waals surface area contributed by atoms with Crippen molar-refractivity contribution in [3.8, 4) is 0 Å². The molecule has 1 N–H and O–H groups in total. The highest BCUT2D eigenvalue weighted by Crippen LogP contribution is 2.65. The predicted molar refractivity (Wildman–Crippen MR) is 104 cm³/mol. The molecule has 1 heterocycles. The molecule has 140 valence electrons. The molecule has 7 atom stereocenters. The molecule has 2 bridgehead atoms. The molecule has 6 rings (SSSR count). The Morgan fingerprint density at radius 1 is 1.15 bits per heavy atom. The highest BCUT2D eigenvalue weighted by Gasteiger charge is 2.67. The Hall–Kier alpha value is -1.95. The summed E-state index contributed by atoms with van der Waals surface area (Å²) in [7, 11) is 0. The van der Waals surface area contributed by atoms with Crippen LogP contribution in [-0.4, -0.2) is 28.7 Å². The number of allylic oxidation sites excluding steroid dienone is 2. The number of amides is 3. The first kappa shape index (κ1) is 17.2. The Balaban J connectivity index is 1.38. The summed E-state index contributed by atoms with van der Waals surface area (Å²) in [4.78, 5) is 40.2. The standard InChI is InChI=1S/C21H21BrN2O3/c1-9-7-11(22)3-6-16(9)23-19(25)10(2)24-20(26)17-12-4-5-13(15-8-14(12)15)18(17)21(24)27/h3-7,10,12-15,17-18H,8H2,1-2H3,(H,23,25)/t10-,12-,13-,14-,15-,17+,18+/m1/s1. The number of hydrogen-bond acceptors (Lipinski definition) is 3. The molecule has 1 aromatic carbocycles. The molecule has 3 fully saturated rings. The second-order valence-corrected chi connectivity index (χ2v) is 9.24. The van der Waals surface area contributed by atoms with Crippen LogP contribution in [-0.2, 0) is 14.4 Å². The minimum absolute atomic E-state index is 0.162. The van der Waals surface area contributed by atoms with Crippen LogP contribution in [0.2, 0.25) is 0 Å². The van der Waals surface area contributed by atoms with E-state index in [1.807, 2.05) is 25.1 Å². The Bertz CT molecular complexity index is 875. The van der Waals surface area contributed by atoms with Gasteiger partial charge in [-0.3, -0.25) is 19.3 Å². The van der Waals surface area contributed by atoms with E-state index in [-0.39, 0.29) is 41.4 Å². The Kier molecular flexibility index (Phi) is 3.67. The van der Waals surface area contributed by atoms with Gasteiger partial charge in [-0.05, 0) is 67.7 Å². The van der Waals surface area contributed by atoms with Crippen molar-refractivity contribution in [1.29, 1.82) is 0 Å². The van der Waals surface area contributed by atoms with E-state index in [2.05, 4.69) is 33.4 Å². The summed E-state index contributed by atoms with van der Waals surface area (Å²) in [6, 6.07) is 4.77. The summed E-state index contributed by atoms with van der Waals surface area (Å²) in [6.07, 6.45) is 5.42. The van der Waals surface area contributed by atoms with Crippen LogP contribution in [0.1, 0.15) is 18.9 Å².